The van der Waals surface area contributed by atoms with Crippen molar-refractivity contribution in [3.05, 3.63) is 132 Å². The summed E-state index contributed by atoms with van der Waals surface area (Å²) >= 11 is 0. The normalized spacial score (nSPS) is 12.9. The van der Waals surface area contributed by atoms with Gasteiger partial charge in [0.05, 0.1) is 6.42 Å². The minimum absolute atomic E-state index is 0.134. The van der Waals surface area contributed by atoms with Gasteiger partial charge in [-0.3, -0.25) is 9.69 Å². The van der Waals surface area contributed by atoms with E-state index in [0.29, 0.717) is 12.1 Å². The Bertz CT molecular complexity index is 1210. The molecule has 0 aliphatic rings. The molecule has 0 saturated heterocycles. The van der Waals surface area contributed by atoms with Gasteiger partial charge >= 0.3 is 5.97 Å². The van der Waals surface area contributed by atoms with E-state index in [1.165, 1.54) is 6.07 Å². The van der Waals surface area contributed by atoms with Crippen LogP contribution in [-0.2, 0) is 11.3 Å². The van der Waals surface area contributed by atoms with Gasteiger partial charge in [-0.2, -0.15) is 0 Å². The van der Waals surface area contributed by atoms with Crippen LogP contribution in [0.15, 0.2) is 109 Å². The topological polar surface area (TPSA) is 40.5 Å². The molecule has 172 valence electrons. The number of carboxylic acids is 1. The molecular formula is C30H28FNO2. The maximum absolute atomic E-state index is 15.3. The summed E-state index contributed by atoms with van der Waals surface area (Å²) in [5.41, 5.74) is 4.30. The number of halogens is 1. The van der Waals surface area contributed by atoms with Crippen LogP contribution in [0.2, 0.25) is 0 Å². The largest absolute Gasteiger partial charge is 0.481 e. The van der Waals surface area contributed by atoms with Gasteiger partial charge in [-0.25, -0.2) is 4.39 Å². The highest BCUT2D eigenvalue weighted by atomic mass is 19.1. The molecule has 0 heterocycles. The summed E-state index contributed by atoms with van der Waals surface area (Å²) in [4.78, 5) is 14.1. The van der Waals surface area contributed by atoms with E-state index in [1.807, 2.05) is 97.9 Å². The standard InChI is InChI=1S/C30H28FNO2/c1-22(24-13-7-3-8-14-24)32(21-23-11-5-2-6-12-23)29(20-30(33)34)27-19-26(17-18-28(27)31)25-15-9-4-10-16-25/h2-19,22,29H,20-21H2,1H3,(H,33,34)/t22-,29+/m1/s1. The molecule has 0 fully saturated rings. The Balaban J connectivity index is 1.82. The monoisotopic (exact) mass is 453 g/mol. The maximum atomic E-state index is 15.3. The molecule has 4 rings (SSSR count). The van der Waals surface area contributed by atoms with Crippen molar-refractivity contribution in [2.24, 2.45) is 0 Å². The van der Waals surface area contributed by atoms with E-state index in [1.54, 1.807) is 12.1 Å². The van der Waals surface area contributed by atoms with Crippen LogP contribution in [0.5, 0.6) is 0 Å². The van der Waals surface area contributed by atoms with Crippen LogP contribution in [0.1, 0.15) is 42.1 Å². The van der Waals surface area contributed by atoms with E-state index < -0.39 is 17.8 Å². The first kappa shape index (κ1) is 23.4. The van der Waals surface area contributed by atoms with Gasteiger partial charge < -0.3 is 5.11 Å². The van der Waals surface area contributed by atoms with E-state index in [9.17, 15) is 9.90 Å². The molecule has 4 aromatic carbocycles. The molecule has 0 bridgehead atoms. The zero-order valence-corrected chi connectivity index (χ0v) is 19.1. The Hall–Kier alpha value is -3.76. The van der Waals surface area contributed by atoms with Crippen LogP contribution in [0, 0.1) is 5.82 Å². The molecule has 0 aromatic heterocycles. The van der Waals surface area contributed by atoms with Gasteiger partial charge in [0.25, 0.3) is 0 Å². The summed E-state index contributed by atoms with van der Waals surface area (Å²) < 4.78 is 15.3. The van der Waals surface area contributed by atoms with Gasteiger partial charge in [0.15, 0.2) is 0 Å². The fourth-order valence-corrected chi connectivity index (χ4v) is 4.41. The Morgan fingerprint density at radius 2 is 1.41 bits per heavy atom. The average molecular weight is 454 g/mol. The summed E-state index contributed by atoms with van der Waals surface area (Å²) in [5.74, 6) is -1.36. The summed E-state index contributed by atoms with van der Waals surface area (Å²) in [6.07, 6.45) is -0.209. The fourth-order valence-electron chi connectivity index (χ4n) is 4.41. The molecule has 1 N–H and O–H groups in total. The first-order chi connectivity index (χ1) is 16.5. The van der Waals surface area contributed by atoms with Gasteiger partial charge in [-0.15, -0.1) is 0 Å². The van der Waals surface area contributed by atoms with Crippen molar-refractivity contribution in [3.63, 3.8) is 0 Å². The van der Waals surface area contributed by atoms with Crippen molar-refractivity contribution in [3.8, 4) is 11.1 Å². The first-order valence-corrected chi connectivity index (χ1v) is 11.4. The Morgan fingerprint density at radius 1 is 0.824 bits per heavy atom. The molecule has 2 atom stereocenters. The van der Waals surface area contributed by atoms with Crippen LogP contribution in [0.25, 0.3) is 11.1 Å². The van der Waals surface area contributed by atoms with Crippen molar-refractivity contribution < 1.29 is 14.3 Å². The molecular weight excluding hydrogens is 425 g/mol. The number of aliphatic carboxylic acids is 1. The van der Waals surface area contributed by atoms with Crippen LogP contribution in [0.3, 0.4) is 0 Å². The summed E-state index contributed by atoms with van der Waals surface area (Å²) in [5, 5.41) is 9.84. The molecule has 0 aliphatic heterocycles. The summed E-state index contributed by atoms with van der Waals surface area (Å²) in [6.45, 7) is 2.54. The summed E-state index contributed by atoms with van der Waals surface area (Å²) in [6, 6.07) is 33.8. The number of nitrogens with zero attached hydrogens (tertiary/aromatic N) is 1. The molecule has 0 saturated carbocycles. The molecule has 34 heavy (non-hydrogen) atoms. The predicted molar refractivity (Wildman–Crippen MR) is 134 cm³/mol. The van der Waals surface area contributed by atoms with Crippen molar-refractivity contribution in [1.29, 1.82) is 0 Å². The van der Waals surface area contributed by atoms with Crippen molar-refractivity contribution in [2.45, 2.75) is 32.0 Å². The zero-order chi connectivity index (χ0) is 23.9. The molecule has 4 heteroatoms. The molecule has 0 amide bonds. The van der Waals surface area contributed by atoms with Crippen molar-refractivity contribution in [2.75, 3.05) is 0 Å². The van der Waals surface area contributed by atoms with E-state index >= 15 is 4.39 Å². The predicted octanol–water partition coefficient (Wildman–Crippen LogP) is 7.27. The lowest BCUT2D eigenvalue weighted by Gasteiger charge is -2.37. The second-order valence-corrected chi connectivity index (χ2v) is 8.46. The summed E-state index contributed by atoms with van der Waals surface area (Å²) in [7, 11) is 0. The number of benzene rings is 4. The Labute approximate surface area is 200 Å². The smallest absolute Gasteiger partial charge is 0.305 e. The number of carboxylic acid groups (broad SMARTS) is 1. The highest BCUT2D eigenvalue weighted by Crippen LogP contribution is 2.37. The third-order valence-corrected chi connectivity index (χ3v) is 6.22. The third kappa shape index (κ3) is 5.59. The minimum atomic E-state index is -0.965. The molecule has 0 aliphatic carbocycles. The van der Waals surface area contributed by atoms with E-state index in [-0.39, 0.29) is 12.5 Å². The molecule has 0 radical (unpaired) electrons. The number of hydrogen-bond donors (Lipinski definition) is 1. The Kier molecular flexibility index (Phi) is 7.51. The van der Waals surface area contributed by atoms with Gasteiger partial charge in [0.2, 0.25) is 0 Å². The number of hydrogen-bond acceptors (Lipinski definition) is 2. The maximum Gasteiger partial charge on any atom is 0.305 e. The van der Waals surface area contributed by atoms with E-state index in [2.05, 4.69) is 4.90 Å². The SMILES string of the molecule is C[C@H](c1ccccc1)N(Cc1ccccc1)[C@@H](CC(=O)O)c1cc(-c2ccccc2)ccc1F. The van der Waals surface area contributed by atoms with Crippen LogP contribution in [0.4, 0.5) is 4.39 Å². The van der Waals surface area contributed by atoms with Crippen LogP contribution >= 0.6 is 0 Å². The highest BCUT2D eigenvalue weighted by Gasteiger charge is 2.30. The lowest BCUT2D eigenvalue weighted by Crippen LogP contribution is -2.33. The van der Waals surface area contributed by atoms with Crippen molar-refractivity contribution in [1.82, 2.24) is 4.90 Å². The van der Waals surface area contributed by atoms with Gasteiger partial charge in [0.1, 0.15) is 5.82 Å². The van der Waals surface area contributed by atoms with E-state index in [0.717, 1.165) is 22.3 Å². The lowest BCUT2D eigenvalue weighted by molar-refractivity contribution is -0.138. The molecule has 0 spiro atoms. The fraction of sp³-hybridized carbons (Fsp3) is 0.167. The second-order valence-electron chi connectivity index (χ2n) is 8.46. The Morgan fingerprint density at radius 3 is 2.03 bits per heavy atom. The van der Waals surface area contributed by atoms with Crippen molar-refractivity contribution >= 4 is 5.97 Å². The second kappa shape index (κ2) is 10.9. The minimum Gasteiger partial charge on any atom is -0.481 e. The van der Waals surface area contributed by atoms with Crippen LogP contribution < -0.4 is 0 Å². The third-order valence-electron chi connectivity index (χ3n) is 6.22. The highest BCUT2D eigenvalue weighted by molar-refractivity contribution is 5.69. The average Bonchev–Trinajstić information content (AvgIpc) is 2.87. The van der Waals surface area contributed by atoms with E-state index in [4.69, 9.17) is 0 Å². The number of rotatable bonds is 9. The van der Waals surface area contributed by atoms with Gasteiger partial charge in [-0.1, -0.05) is 97.1 Å². The molecule has 4 aromatic rings. The van der Waals surface area contributed by atoms with Gasteiger partial charge in [0, 0.05) is 24.2 Å². The molecule has 0 unspecified atom stereocenters. The molecule has 3 nitrogen and oxygen atoms in total. The lowest BCUT2D eigenvalue weighted by atomic mass is 9.93. The van der Waals surface area contributed by atoms with Gasteiger partial charge in [-0.05, 0) is 41.3 Å². The zero-order valence-electron chi connectivity index (χ0n) is 19.1. The van der Waals surface area contributed by atoms with Crippen LogP contribution in [-0.4, -0.2) is 16.0 Å². The quantitative estimate of drug-likeness (QED) is 0.290. The first-order valence-electron chi connectivity index (χ1n) is 11.4. The number of carbonyl (C=O) groups is 1.